The van der Waals surface area contributed by atoms with E-state index in [1.807, 2.05) is 6.07 Å². The fraction of sp³-hybridized carbons (Fsp3) is 0.500. The fourth-order valence-electron chi connectivity index (χ4n) is 3.02. The standard InChI is InChI=1S/C16H23NO3S/c1-3-9-16(13-18)10-6-11-17(12-16)21(19,20)15-8-5-4-7-14(15)2/h3-5,7-8,18H,1,6,9-13H2,2H3/t16-/m1/s1. The van der Waals surface area contributed by atoms with E-state index in [0.29, 0.717) is 24.4 Å². The quantitative estimate of drug-likeness (QED) is 0.849. The average molecular weight is 309 g/mol. The number of rotatable bonds is 5. The van der Waals surface area contributed by atoms with Crippen LogP contribution in [0.2, 0.25) is 0 Å². The molecule has 0 spiro atoms. The van der Waals surface area contributed by atoms with E-state index >= 15 is 0 Å². The van der Waals surface area contributed by atoms with Crippen molar-refractivity contribution in [1.29, 1.82) is 0 Å². The summed E-state index contributed by atoms with van der Waals surface area (Å²) in [6.45, 7) is 6.38. The number of piperidine rings is 1. The summed E-state index contributed by atoms with van der Waals surface area (Å²) < 4.78 is 27.2. The van der Waals surface area contributed by atoms with Gasteiger partial charge in [0.1, 0.15) is 0 Å². The van der Waals surface area contributed by atoms with E-state index in [-0.39, 0.29) is 6.61 Å². The Labute approximate surface area is 127 Å². The molecule has 1 aliphatic heterocycles. The molecular formula is C16H23NO3S. The highest BCUT2D eigenvalue weighted by atomic mass is 32.2. The first kappa shape index (κ1) is 16.2. The summed E-state index contributed by atoms with van der Waals surface area (Å²) in [5, 5.41) is 9.71. The van der Waals surface area contributed by atoms with E-state index in [9.17, 15) is 13.5 Å². The van der Waals surface area contributed by atoms with Gasteiger partial charge in [0.05, 0.1) is 11.5 Å². The molecule has 1 aromatic rings. The van der Waals surface area contributed by atoms with Crippen molar-refractivity contribution >= 4 is 10.0 Å². The Kier molecular flexibility index (Phi) is 4.86. The maximum absolute atomic E-state index is 12.8. The number of sulfonamides is 1. The summed E-state index contributed by atoms with van der Waals surface area (Å²) in [4.78, 5) is 0.359. The highest BCUT2D eigenvalue weighted by molar-refractivity contribution is 7.89. The Balaban J connectivity index is 2.33. The molecule has 1 saturated heterocycles. The van der Waals surface area contributed by atoms with Gasteiger partial charge < -0.3 is 5.11 Å². The van der Waals surface area contributed by atoms with Crippen molar-refractivity contribution < 1.29 is 13.5 Å². The van der Waals surface area contributed by atoms with E-state index in [1.165, 1.54) is 4.31 Å². The Morgan fingerprint density at radius 3 is 2.76 bits per heavy atom. The average Bonchev–Trinajstić information content (AvgIpc) is 2.48. The lowest BCUT2D eigenvalue weighted by Crippen LogP contribution is -2.47. The highest BCUT2D eigenvalue weighted by Gasteiger charge is 2.39. The fourth-order valence-corrected chi connectivity index (χ4v) is 4.84. The molecule has 1 fully saturated rings. The first-order valence-electron chi connectivity index (χ1n) is 7.23. The Bertz CT molecular complexity index is 612. The van der Waals surface area contributed by atoms with Gasteiger partial charge in [-0.05, 0) is 37.8 Å². The van der Waals surface area contributed by atoms with Gasteiger partial charge in [0, 0.05) is 18.5 Å². The molecule has 1 atom stereocenters. The van der Waals surface area contributed by atoms with E-state index in [4.69, 9.17) is 0 Å². The normalized spacial score (nSPS) is 23.9. The summed E-state index contributed by atoms with van der Waals surface area (Å²) in [5.74, 6) is 0. The van der Waals surface area contributed by atoms with Gasteiger partial charge in [-0.25, -0.2) is 8.42 Å². The van der Waals surface area contributed by atoms with Crippen LogP contribution in [0.3, 0.4) is 0 Å². The van der Waals surface area contributed by atoms with Crippen molar-refractivity contribution in [2.75, 3.05) is 19.7 Å². The lowest BCUT2D eigenvalue weighted by molar-refractivity contribution is 0.0669. The van der Waals surface area contributed by atoms with Crippen molar-refractivity contribution in [3.05, 3.63) is 42.5 Å². The van der Waals surface area contributed by atoms with E-state index < -0.39 is 15.4 Å². The number of aliphatic hydroxyl groups is 1. The number of allylic oxidation sites excluding steroid dienone is 1. The number of hydrogen-bond acceptors (Lipinski definition) is 3. The minimum Gasteiger partial charge on any atom is -0.396 e. The molecule has 116 valence electrons. The van der Waals surface area contributed by atoms with Crippen LogP contribution in [0.5, 0.6) is 0 Å². The van der Waals surface area contributed by atoms with Crippen molar-refractivity contribution in [1.82, 2.24) is 4.31 Å². The zero-order valence-corrected chi connectivity index (χ0v) is 13.3. The van der Waals surface area contributed by atoms with Crippen LogP contribution >= 0.6 is 0 Å². The maximum atomic E-state index is 12.8. The zero-order valence-electron chi connectivity index (χ0n) is 12.5. The number of nitrogens with zero attached hydrogens (tertiary/aromatic N) is 1. The third-order valence-electron chi connectivity index (χ3n) is 4.25. The van der Waals surface area contributed by atoms with Crippen LogP contribution in [-0.4, -0.2) is 37.5 Å². The van der Waals surface area contributed by atoms with Gasteiger partial charge >= 0.3 is 0 Å². The Morgan fingerprint density at radius 1 is 1.43 bits per heavy atom. The third-order valence-corrected chi connectivity index (χ3v) is 6.26. The first-order valence-corrected chi connectivity index (χ1v) is 8.67. The minimum absolute atomic E-state index is 0.0151. The number of hydrogen-bond donors (Lipinski definition) is 1. The largest absolute Gasteiger partial charge is 0.396 e. The van der Waals surface area contributed by atoms with Crippen molar-refractivity contribution in [2.24, 2.45) is 5.41 Å². The SMILES string of the molecule is C=CC[C@@]1(CO)CCCN(S(=O)(=O)c2ccccc2C)C1. The van der Waals surface area contributed by atoms with E-state index in [0.717, 1.165) is 18.4 Å². The molecule has 4 nitrogen and oxygen atoms in total. The maximum Gasteiger partial charge on any atom is 0.243 e. The van der Waals surface area contributed by atoms with Crippen molar-refractivity contribution in [2.45, 2.75) is 31.1 Å². The van der Waals surface area contributed by atoms with Crippen LogP contribution in [0.1, 0.15) is 24.8 Å². The van der Waals surface area contributed by atoms with Gasteiger partial charge in [-0.3, -0.25) is 0 Å². The van der Waals surface area contributed by atoms with Crippen molar-refractivity contribution in [3.8, 4) is 0 Å². The molecular weight excluding hydrogens is 286 g/mol. The van der Waals surface area contributed by atoms with E-state index in [1.54, 1.807) is 31.2 Å². The minimum atomic E-state index is -3.50. The molecule has 0 unspecified atom stereocenters. The first-order chi connectivity index (χ1) is 9.95. The molecule has 21 heavy (non-hydrogen) atoms. The van der Waals surface area contributed by atoms with Crippen LogP contribution in [-0.2, 0) is 10.0 Å². The van der Waals surface area contributed by atoms with E-state index in [2.05, 4.69) is 6.58 Å². The smallest absolute Gasteiger partial charge is 0.243 e. The second-order valence-corrected chi connectivity index (χ2v) is 7.76. The van der Waals surface area contributed by atoms with Gasteiger partial charge in [-0.15, -0.1) is 6.58 Å². The predicted molar refractivity (Wildman–Crippen MR) is 83.5 cm³/mol. The second kappa shape index (κ2) is 6.30. The molecule has 0 aliphatic carbocycles. The molecule has 5 heteroatoms. The molecule has 1 aromatic carbocycles. The monoisotopic (exact) mass is 309 g/mol. The van der Waals surface area contributed by atoms with Crippen LogP contribution in [0.4, 0.5) is 0 Å². The van der Waals surface area contributed by atoms with Gasteiger partial charge in [0.25, 0.3) is 0 Å². The molecule has 0 saturated carbocycles. The lowest BCUT2D eigenvalue weighted by atomic mass is 9.79. The molecule has 1 aliphatic rings. The molecule has 2 rings (SSSR count). The molecule has 0 bridgehead atoms. The summed E-state index contributed by atoms with van der Waals surface area (Å²) >= 11 is 0. The molecule has 1 heterocycles. The van der Waals surface area contributed by atoms with Crippen LogP contribution in [0.15, 0.2) is 41.8 Å². The lowest BCUT2D eigenvalue weighted by Gasteiger charge is -2.40. The van der Waals surface area contributed by atoms with Gasteiger partial charge in [-0.1, -0.05) is 24.3 Å². The third kappa shape index (κ3) is 3.20. The van der Waals surface area contributed by atoms with Crippen LogP contribution in [0, 0.1) is 12.3 Å². The summed E-state index contributed by atoms with van der Waals surface area (Å²) in [6, 6.07) is 7.03. The molecule has 0 amide bonds. The molecule has 0 radical (unpaired) electrons. The van der Waals surface area contributed by atoms with Gasteiger partial charge in [0.15, 0.2) is 0 Å². The number of benzene rings is 1. The predicted octanol–water partition coefficient (Wildman–Crippen LogP) is 2.33. The number of aliphatic hydroxyl groups excluding tert-OH is 1. The topological polar surface area (TPSA) is 57.6 Å². The number of aryl methyl sites for hydroxylation is 1. The molecule has 1 N–H and O–H groups in total. The summed E-state index contributed by atoms with van der Waals surface area (Å²) in [6.07, 6.45) is 3.98. The van der Waals surface area contributed by atoms with Gasteiger partial charge in [-0.2, -0.15) is 4.31 Å². The van der Waals surface area contributed by atoms with Crippen LogP contribution < -0.4 is 0 Å². The highest BCUT2D eigenvalue weighted by Crippen LogP contribution is 2.36. The molecule has 0 aromatic heterocycles. The summed E-state index contributed by atoms with van der Waals surface area (Å²) in [5.41, 5.74) is 0.358. The second-order valence-electron chi connectivity index (χ2n) is 5.86. The Hall–Kier alpha value is -1.17. The zero-order chi connectivity index (χ0) is 15.5. The van der Waals surface area contributed by atoms with Crippen LogP contribution in [0.25, 0.3) is 0 Å². The van der Waals surface area contributed by atoms with Gasteiger partial charge in [0.2, 0.25) is 10.0 Å². The summed E-state index contributed by atoms with van der Waals surface area (Å²) in [7, 11) is -3.50. The Morgan fingerprint density at radius 2 is 2.14 bits per heavy atom. The van der Waals surface area contributed by atoms with Crippen molar-refractivity contribution in [3.63, 3.8) is 0 Å².